The van der Waals surface area contributed by atoms with Crippen LogP contribution in [0.25, 0.3) is 0 Å². The first-order chi connectivity index (χ1) is 12.6. The highest BCUT2D eigenvalue weighted by Crippen LogP contribution is 2.23. The van der Waals surface area contributed by atoms with Gasteiger partial charge in [0.15, 0.2) is 17.5 Å². The molecule has 3 unspecified atom stereocenters. The smallest absolute Gasteiger partial charge is 0.191 e. The maximum Gasteiger partial charge on any atom is 0.191 e. The Bertz CT molecular complexity index is 645. The van der Waals surface area contributed by atoms with Crippen molar-refractivity contribution < 1.29 is 13.3 Å². The summed E-state index contributed by atoms with van der Waals surface area (Å²) in [5, 5.41) is 6.97. The van der Waals surface area contributed by atoms with Crippen LogP contribution in [0.4, 0.5) is 4.39 Å². The second-order valence-electron chi connectivity index (χ2n) is 6.46. The highest BCUT2D eigenvalue weighted by Gasteiger charge is 2.26. The molecule has 154 valence electrons. The SMILES string of the molecule is CCNC(=NCc1ccc(OC)c(F)c1)NC1CCCC(S(=O)CC)C1.I. The van der Waals surface area contributed by atoms with Crippen LogP contribution in [0.3, 0.4) is 0 Å². The molecule has 5 nitrogen and oxygen atoms in total. The lowest BCUT2D eigenvalue weighted by atomic mass is 9.95. The van der Waals surface area contributed by atoms with Crippen LogP contribution in [0.15, 0.2) is 23.2 Å². The van der Waals surface area contributed by atoms with Crippen LogP contribution >= 0.6 is 24.0 Å². The molecular formula is C19H31FIN3O2S. The second-order valence-corrected chi connectivity index (χ2v) is 8.47. The fraction of sp³-hybridized carbons (Fsp3) is 0.632. The van der Waals surface area contributed by atoms with Gasteiger partial charge >= 0.3 is 0 Å². The summed E-state index contributed by atoms with van der Waals surface area (Å²) in [6.45, 7) is 5.12. The molecule has 0 aliphatic heterocycles. The predicted molar refractivity (Wildman–Crippen MR) is 121 cm³/mol. The highest BCUT2D eigenvalue weighted by atomic mass is 127. The molecule has 8 heteroatoms. The molecule has 1 aliphatic carbocycles. The summed E-state index contributed by atoms with van der Waals surface area (Å²) in [4.78, 5) is 4.58. The minimum absolute atomic E-state index is 0. The quantitative estimate of drug-likeness (QED) is 0.334. The van der Waals surface area contributed by atoms with Gasteiger partial charge in [-0.05, 0) is 43.9 Å². The van der Waals surface area contributed by atoms with Crippen molar-refractivity contribution in [1.29, 1.82) is 0 Å². The zero-order chi connectivity index (χ0) is 18.9. The fourth-order valence-electron chi connectivity index (χ4n) is 3.24. The molecule has 2 rings (SSSR count). The number of benzene rings is 1. The number of hydrogen-bond donors (Lipinski definition) is 2. The largest absolute Gasteiger partial charge is 0.494 e. The molecule has 1 aromatic rings. The van der Waals surface area contributed by atoms with E-state index in [2.05, 4.69) is 15.6 Å². The molecule has 1 saturated carbocycles. The first-order valence-corrected chi connectivity index (χ1v) is 10.7. The van der Waals surface area contributed by atoms with Gasteiger partial charge in [-0.15, -0.1) is 24.0 Å². The van der Waals surface area contributed by atoms with E-state index in [9.17, 15) is 8.60 Å². The minimum Gasteiger partial charge on any atom is -0.494 e. The van der Waals surface area contributed by atoms with Gasteiger partial charge in [0.25, 0.3) is 0 Å². The third-order valence-electron chi connectivity index (χ3n) is 4.60. The van der Waals surface area contributed by atoms with Crippen molar-refractivity contribution in [1.82, 2.24) is 10.6 Å². The maximum atomic E-state index is 13.8. The number of halogens is 2. The summed E-state index contributed by atoms with van der Waals surface area (Å²) in [7, 11) is 0.705. The number of guanidine groups is 1. The van der Waals surface area contributed by atoms with Gasteiger partial charge in [0.1, 0.15) is 0 Å². The van der Waals surface area contributed by atoms with E-state index in [0.717, 1.165) is 43.8 Å². The zero-order valence-electron chi connectivity index (χ0n) is 16.3. The van der Waals surface area contributed by atoms with Gasteiger partial charge in [0.2, 0.25) is 0 Å². The Hall–Kier alpha value is -0.900. The van der Waals surface area contributed by atoms with Crippen LogP contribution in [0.5, 0.6) is 5.75 Å². The molecule has 1 aromatic carbocycles. The Morgan fingerprint density at radius 1 is 1.37 bits per heavy atom. The molecule has 0 radical (unpaired) electrons. The summed E-state index contributed by atoms with van der Waals surface area (Å²) in [6.07, 6.45) is 4.08. The molecule has 0 saturated heterocycles. The molecular weight excluding hydrogens is 480 g/mol. The Balaban J connectivity index is 0.00000364. The molecule has 1 aliphatic rings. The van der Waals surface area contributed by atoms with E-state index in [4.69, 9.17) is 4.74 Å². The first-order valence-electron chi connectivity index (χ1n) is 9.31. The van der Waals surface area contributed by atoms with E-state index in [1.165, 1.54) is 13.2 Å². The summed E-state index contributed by atoms with van der Waals surface area (Å²) in [5.74, 6) is 1.29. The van der Waals surface area contributed by atoms with Crippen molar-refractivity contribution >= 4 is 40.7 Å². The second kappa shape index (κ2) is 12.5. The van der Waals surface area contributed by atoms with Crippen molar-refractivity contribution in [2.45, 2.75) is 57.4 Å². The minimum atomic E-state index is -0.746. The molecule has 27 heavy (non-hydrogen) atoms. The van der Waals surface area contributed by atoms with Gasteiger partial charge in [0.05, 0.1) is 13.7 Å². The van der Waals surface area contributed by atoms with E-state index < -0.39 is 10.8 Å². The molecule has 2 N–H and O–H groups in total. The lowest BCUT2D eigenvalue weighted by molar-refractivity contribution is 0.386. The Kier molecular flexibility index (Phi) is 11.2. The Morgan fingerprint density at radius 3 is 2.78 bits per heavy atom. The topological polar surface area (TPSA) is 62.7 Å². The lowest BCUT2D eigenvalue weighted by Gasteiger charge is -2.30. The number of ether oxygens (including phenoxy) is 1. The van der Waals surface area contributed by atoms with Gasteiger partial charge in [0, 0.05) is 34.4 Å². The molecule has 0 aromatic heterocycles. The highest BCUT2D eigenvalue weighted by molar-refractivity contribution is 14.0. The molecule has 0 amide bonds. The summed E-state index contributed by atoms with van der Waals surface area (Å²) < 4.78 is 30.9. The first kappa shape index (κ1) is 24.1. The molecule has 0 heterocycles. The third-order valence-corrected chi connectivity index (χ3v) is 6.34. The van der Waals surface area contributed by atoms with Crippen LogP contribution in [-0.4, -0.2) is 40.9 Å². The number of methoxy groups -OCH3 is 1. The number of rotatable bonds is 7. The van der Waals surface area contributed by atoms with Gasteiger partial charge in [-0.3, -0.25) is 4.21 Å². The Labute approximate surface area is 181 Å². The van der Waals surface area contributed by atoms with Crippen molar-refractivity contribution in [3.8, 4) is 5.75 Å². The number of hydrogen-bond acceptors (Lipinski definition) is 3. The molecule has 1 fully saturated rings. The van der Waals surface area contributed by atoms with Gasteiger partial charge in [-0.25, -0.2) is 9.38 Å². The number of aliphatic imine (C=N–C) groups is 1. The zero-order valence-corrected chi connectivity index (χ0v) is 19.4. The van der Waals surface area contributed by atoms with E-state index >= 15 is 0 Å². The molecule has 0 bridgehead atoms. The van der Waals surface area contributed by atoms with Crippen LogP contribution in [0.2, 0.25) is 0 Å². The van der Waals surface area contributed by atoms with Crippen molar-refractivity contribution in [2.75, 3.05) is 19.4 Å². The number of nitrogens with one attached hydrogen (secondary N) is 2. The molecule has 3 atom stereocenters. The van der Waals surface area contributed by atoms with Gasteiger partial charge in [-0.2, -0.15) is 0 Å². The monoisotopic (exact) mass is 511 g/mol. The summed E-state index contributed by atoms with van der Waals surface area (Å²) in [6, 6.07) is 5.16. The van der Waals surface area contributed by atoms with Gasteiger partial charge in [-0.1, -0.05) is 19.4 Å². The third kappa shape index (κ3) is 7.56. The Morgan fingerprint density at radius 2 is 2.15 bits per heavy atom. The summed E-state index contributed by atoms with van der Waals surface area (Å²) in [5.41, 5.74) is 0.786. The van der Waals surface area contributed by atoms with E-state index in [1.807, 2.05) is 19.9 Å². The molecule has 0 spiro atoms. The lowest BCUT2D eigenvalue weighted by Crippen LogP contribution is -2.46. The van der Waals surface area contributed by atoms with Crippen LogP contribution < -0.4 is 15.4 Å². The van der Waals surface area contributed by atoms with Crippen LogP contribution in [-0.2, 0) is 17.3 Å². The predicted octanol–water partition coefficient (Wildman–Crippen LogP) is 3.59. The van der Waals surface area contributed by atoms with E-state index in [1.54, 1.807) is 6.07 Å². The average molecular weight is 511 g/mol. The van der Waals surface area contributed by atoms with Gasteiger partial charge < -0.3 is 15.4 Å². The fourth-order valence-corrected chi connectivity index (χ4v) is 4.59. The van der Waals surface area contributed by atoms with Crippen molar-refractivity contribution in [3.05, 3.63) is 29.6 Å². The standard InChI is InChI=1S/C19H30FN3O2S.HI/c1-4-21-19(22-13-14-9-10-18(25-3)17(20)11-14)23-15-7-6-8-16(12-15)26(24)5-2;/h9-11,15-16H,4-8,12-13H2,1-3H3,(H2,21,22,23);1H. The number of nitrogens with zero attached hydrogens (tertiary/aromatic N) is 1. The van der Waals surface area contributed by atoms with Crippen LogP contribution in [0, 0.1) is 5.82 Å². The van der Waals surface area contributed by atoms with Crippen LogP contribution in [0.1, 0.15) is 45.1 Å². The van der Waals surface area contributed by atoms with E-state index in [-0.39, 0.29) is 46.8 Å². The van der Waals surface area contributed by atoms with E-state index in [0.29, 0.717) is 12.3 Å². The average Bonchev–Trinajstić information content (AvgIpc) is 2.66. The maximum absolute atomic E-state index is 13.8. The van der Waals surface area contributed by atoms with Crippen molar-refractivity contribution in [3.63, 3.8) is 0 Å². The van der Waals surface area contributed by atoms with Crippen molar-refractivity contribution in [2.24, 2.45) is 4.99 Å². The normalized spacial score (nSPS) is 21.1. The summed E-state index contributed by atoms with van der Waals surface area (Å²) >= 11 is 0.